The number of carbonyl (C=O) groups excluding carboxylic acids is 1. The molecule has 13 heavy (non-hydrogen) atoms. The van der Waals surface area contributed by atoms with E-state index in [1.165, 1.54) is 0 Å². The van der Waals surface area contributed by atoms with Gasteiger partial charge in [0.25, 0.3) is 0 Å². The second-order valence-electron chi connectivity index (χ2n) is 2.75. The molecule has 0 radical (unpaired) electrons. The highest BCUT2D eigenvalue weighted by atomic mass is 16.3. The Labute approximate surface area is 77.4 Å². The van der Waals surface area contributed by atoms with Crippen molar-refractivity contribution in [2.24, 2.45) is 0 Å². The first-order valence-electron chi connectivity index (χ1n) is 4.22. The first-order chi connectivity index (χ1) is 6.24. The maximum Gasteiger partial charge on any atom is 0.152 e. The Morgan fingerprint density at radius 2 is 2.23 bits per heavy atom. The van der Waals surface area contributed by atoms with E-state index in [2.05, 4.69) is 5.32 Å². The molecule has 0 fully saturated rings. The molecule has 0 heterocycles. The van der Waals surface area contributed by atoms with Crippen molar-refractivity contribution in [3.8, 4) is 5.75 Å². The number of phenols is 1. The van der Waals surface area contributed by atoms with Gasteiger partial charge in [0.15, 0.2) is 6.29 Å². The fourth-order valence-corrected chi connectivity index (χ4v) is 1.41. The highest BCUT2D eigenvalue weighted by Gasteiger charge is 2.09. The van der Waals surface area contributed by atoms with Crippen molar-refractivity contribution in [1.29, 1.82) is 0 Å². The Morgan fingerprint density at radius 3 is 2.69 bits per heavy atom. The van der Waals surface area contributed by atoms with Gasteiger partial charge in [-0.3, -0.25) is 4.79 Å². The summed E-state index contributed by atoms with van der Waals surface area (Å²) in [5.41, 5.74) is 2.08. The lowest BCUT2D eigenvalue weighted by molar-refractivity contribution is 0.112. The van der Waals surface area contributed by atoms with Gasteiger partial charge >= 0.3 is 0 Å². The smallest absolute Gasteiger partial charge is 0.152 e. The number of rotatable bonds is 3. The van der Waals surface area contributed by atoms with E-state index in [4.69, 9.17) is 0 Å². The first kappa shape index (κ1) is 9.58. The lowest BCUT2D eigenvalue weighted by atomic mass is 10.0. The van der Waals surface area contributed by atoms with Crippen LogP contribution in [0.25, 0.3) is 0 Å². The monoisotopic (exact) mass is 179 g/mol. The fourth-order valence-electron chi connectivity index (χ4n) is 1.41. The topological polar surface area (TPSA) is 49.3 Å². The number of benzene rings is 1. The second-order valence-corrected chi connectivity index (χ2v) is 2.75. The third kappa shape index (κ3) is 1.64. The molecule has 0 bridgehead atoms. The first-order valence-corrected chi connectivity index (χ1v) is 4.22. The summed E-state index contributed by atoms with van der Waals surface area (Å²) in [6.07, 6.45) is 1.48. The van der Waals surface area contributed by atoms with Crippen LogP contribution in [0.1, 0.15) is 22.8 Å². The maximum atomic E-state index is 10.6. The van der Waals surface area contributed by atoms with Gasteiger partial charge in [0.2, 0.25) is 0 Å². The number of nitrogens with one attached hydrogen (secondary N) is 1. The highest BCUT2D eigenvalue weighted by molar-refractivity contribution is 5.86. The quantitative estimate of drug-likeness (QED) is 0.696. The molecule has 1 rings (SSSR count). The third-order valence-electron chi connectivity index (χ3n) is 2.05. The van der Waals surface area contributed by atoms with Gasteiger partial charge in [-0.05, 0) is 18.6 Å². The van der Waals surface area contributed by atoms with Gasteiger partial charge in [-0.2, -0.15) is 0 Å². The number of hydrogen-bond donors (Lipinski definition) is 2. The second kappa shape index (κ2) is 3.94. The van der Waals surface area contributed by atoms with Crippen molar-refractivity contribution in [3.05, 3.63) is 23.3 Å². The Morgan fingerprint density at radius 1 is 1.54 bits per heavy atom. The lowest BCUT2D eigenvalue weighted by Crippen LogP contribution is -1.99. The minimum absolute atomic E-state index is 0.234. The van der Waals surface area contributed by atoms with Crippen LogP contribution < -0.4 is 5.32 Å². The summed E-state index contributed by atoms with van der Waals surface area (Å²) in [6.45, 7) is 1.93. The number of hydrogen-bond acceptors (Lipinski definition) is 3. The molecule has 0 aliphatic heterocycles. The molecule has 3 nitrogen and oxygen atoms in total. The van der Waals surface area contributed by atoms with E-state index in [0.29, 0.717) is 12.0 Å². The summed E-state index contributed by atoms with van der Waals surface area (Å²) in [5, 5.41) is 12.4. The third-order valence-corrected chi connectivity index (χ3v) is 2.05. The van der Waals surface area contributed by atoms with Crippen molar-refractivity contribution in [3.63, 3.8) is 0 Å². The largest absolute Gasteiger partial charge is 0.508 e. The molecule has 0 amide bonds. The molecule has 1 aromatic rings. The Bertz CT molecular complexity index is 321. The molecule has 70 valence electrons. The molecule has 3 heteroatoms. The zero-order chi connectivity index (χ0) is 9.84. The molecule has 0 spiro atoms. The molecule has 0 unspecified atom stereocenters. The van der Waals surface area contributed by atoms with E-state index in [0.717, 1.165) is 17.5 Å². The van der Waals surface area contributed by atoms with Crippen molar-refractivity contribution in [1.82, 2.24) is 0 Å². The zero-order valence-electron chi connectivity index (χ0n) is 7.79. The predicted molar refractivity (Wildman–Crippen MR) is 52.4 cm³/mol. The molecule has 0 atom stereocenters. The summed E-state index contributed by atoms with van der Waals surface area (Å²) in [4.78, 5) is 10.6. The normalized spacial score (nSPS) is 9.69. The van der Waals surface area contributed by atoms with Gasteiger partial charge in [0.05, 0.1) is 5.69 Å². The van der Waals surface area contributed by atoms with Crippen molar-refractivity contribution >= 4 is 12.0 Å². The highest BCUT2D eigenvalue weighted by Crippen LogP contribution is 2.28. The molecule has 0 aromatic heterocycles. The molecule has 0 saturated carbocycles. The molecule has 2 N–H and O–H groups in total. The van der Waals surface area contributed by atoms with E-state index in [1.54, 1.807) is 19.2 Å². The average Bonchev–Trinajstić information content (AvgIpc) is 2.17. The van der Waals surface area contributed by atoms with Crippen LogP contribution in [0.2, 0.25) is 0 Å². The van der Waals surface area contributed by atoms with E-state index in [1.807, 2.05) is 6.92 Å². The number of aromatic hydroxyl groups is 1. The van der Waals surface area contributed by atoms with Crippen LogP contribution in [0, 0.1) is 0 Å². The van der Waals surface area contributed by atoms with E-state index in [9.17, 15) is 9.90 Å². The van der Waals surface area contributed by atoms with Gasteiger partial charge in [0, 0.05) is 18.2 Å². The Hall–Kier alpha value is -1.51. The van der Waals surface area contributed by atoms with Crippen LogP contribution in [0.15, 0.2) is 12.1 Å². The van der Waals surface area contributed by atoms with E-state index < -0.39 is 0 Å². The van der Waals surface area contributed by atoms with Gasteiger partial charge < -0.3 is 10.4 Å². The lowest BCUT2D eigenvalue weighted by Gasteiger charge is -2.11. The Kier molecular flexibility index (Phi) is 2.90. The minimum Gasteiger partial charge on any atom is -0.508 e. The molecule has 0 aliphatic carbocycles. The molecule has 0 aliphatic rings. The van der Waals surface area contributed by atoms with E-state index in [-0.39, 0.29) is 5.75 Å². The van der Waals surface area contributed by atoms with Crippen molar-refractivity contribution in [2.45, 2.75) is 13.3 Å². The van der Waals surface area contributed by atoms with Crippen LogP contribution in [-0.2, 0) is 6.42 Å². The van der Waals surface area contributed by atoms with Gasteiger partial charge in [-0.1, -0.05) is 6.92 Å². The van der Waals surface area contributed by atoms with E-state index >= 15 is 0 Å². The van der Waals surface area contributed by atoms with Gasteiger partial charge in [-0.25, -0.2) is 0 Å². The average molecular weight is 179 g/mol. The number of carbonyl (C=O) groups is 1. The number of phenolic OH excluding ortho intramolecular Hbond substituents is 1. The van der Waals surface area contributed by atoms with Crippen molar-refractivity contribution < 1.29 is 9.90 Å². The minimum atomic E-state index is 0.234. The SMILES string of the molecule is CCc1c(O)ccc(C=O)c1NC. The summed E-state index contributed by atoms with van der Waals surface area (Å²) in [6, 6.07) is 3.15. The van der Waals surface area contributed by atoms with Gasteiger partial charge in [-0.15, -0.1) is 0 Å². The van der Waals surface area contributed by atoms with Gasteiger partial charge in [0.1, 0.15) is 5.75 Å². The van der Waals surface area contributed by atoms with Crippen LogP contribution in [0.4, 0.5) is 5.69 Å². The molecule has 1 aromatic carbocycles. The Balaban J connectivity index is 3.35. The molecule has 0 saturated heterocycles. The summed E-state index contributed by atoms with van der Waals surface area (Å²) < 4.78 is 0. The predicted octanol–water partition coefficient (Wildman–Crippen LogP) is 1.81. The number of aldehydes is 1. The van der Waals surface area contributed by atoms with Crippen LogP contribution in [-0.4, -0.2) is 18.4 Å². The van der Waals surface area contributed by atoms with Crippen LogP contribution in [0.5, 0.6) is 5.75 Å². The van der Waals surface area contributed by atoms with Crippen molar-refractivity contribution in [2.75, 3.05) is 12.4 Å². The number of anilines is 1. The fraction of sp³-hybridized carbons (Fsp3) is 0.300. The van der Waals surface area contributed by atoms with Crippen LogP contribution >= 0.6 is 0 Å². The van der Waals surface area contributed by atoms with Crippen LogP contribution in [0.3, 0.4) is 0 Å². The standard InChI is InChI=1S/C10H13NO2/c1-3-8-9(13)5-4-7(6-12)10(8)11-2/h4-6,11,13H,3H2,1-2H3. The molecular weight excluding hydrogens is 166 g/mol. The summed E-state index contributed by atoms with van der Waals surface area (Å²) >= 11 is 0. The molecular formula is C10H13NO2. The zero-order valence-corrected chi connectivity index (χ0v) is 7.79. The maximum absolute atomic E-state index is 10.6. The summed E-state index contributed by atoms with van der Waals surface area (Å²) in [5.74, 6) is 0.234. The summed E-state index contributed by atoms with van der Waals surface area (Å²) in [7, 11) is 1.74.